The van der Waals surface area contributed by atoms with Crippen LogP contribution in [0.1, 0.15) is 48.1 Å². The molecule has 0 aliphatic heterocycles. The summed E-state index contributed by atoms with van der Waals surface area (Å²) in [5.41, 5.74) is 2.38. The molecule has 0 aromatic carbocycles. The van der Waals surface area contributed by atoms with Gasteiger partial charge in [-0.05, 0) is 31.7 Å². The lowest BCUT2D eigenvalue weighted by molar-refractivity contribution is 0.166. The fraction of sp³-hybridized carbons (Fsp3) is 0.571. The molecule has 1 aliphatic carbocycles. The normalized spacial score (nSPS) is 19.2. The fourth-order valence-electron chi connectivity index (χ4n) is 2.73. The van der Waals surface area contributed by atoms with Crippen LogP contribution in [-0.2, 0) is 20.0 Å². The molecule has 0 saturated carbocycles. The Morgan fingerprint density at radius 3 is 2.89 bits per heavy atom. The molecule has 1 atom stereocenters. The van der Waals surface area contributed by atoms with Crippen molar-refractivity contribution in [3.8, 4) is 0 Å². The number of aliphatic hydroxyl groups excluding tert-OH is 1. The monoisotopic (exact) mass is 260 g/mol. The number of aliphatic hydroxyl groups is 1. The lowest BCUT2D eigenvalue weighted by Gasteiger charge is -2.06. The molecule has 2 heterocycles. The first-order valence-electron chi connectivity index (χ1n) is 6.86. The first-order chi connectivity index (χ1) is 9.15. The van der Waals surface area contributed by atoms with Crippen molar-refractivity contribution < 1.29 is 5.11 Å². The largest absolute Gasteiger partial charge is 0.388 e. The molecule has 0 radical (unpaired) electrons. The van der Waals surface area contributed by atoms with Crippen molar-refractivity contribution in [3.05, 3.63) is 35.2 Å². The maximum atomic E-state index is 10.1. The average Bonchev–Trinajstić information content (AvgIpc) is 2.88. The molecule has 5 nitrogen and oxygen atoms in total. The molecule has 0 amide bonds. The van der Waals surface area contributed by atoms with Gasteiger partial charge in [0.25, 0.3) is 0 Å². The van der Waals surface area contributed by atoms with Crippen molar-refractivity contribution in [2.75, 3.05) is 0 Å². The summed E-state index contributed by atoms with van der Waals surface area (Å²) in [4.78, 5) is 0. The SMILES string of the molecule is Cc1nnc(Cn2cc3c(c2)C(O)CCCC3)n1C. The van der Waals surface area contributed by atoms with Gasteiger partial charge >= 0.3 is 0 Å². The van der Waals surface area contributed by atoms with Crippen molar-refractivity contribution in [1.29, 1.82) is 0 Å². The summed E-state index contributed by atoms with van der Waals surface area (Å²) >= 11 is 0. The Morgan fingerprint density at radius 2 is 2.16 bits per heavy atom. The molecule has 0 saturated heterocycles. The Balaban J connectivity index is 1.87. The minimum Gasteiger partial charge on any atom is -0.388 e. The van der Waals surface area contributed by atoms with Crippen LogP contribution in [0, 0.1) is 6.92 Å². The van der Waals surface area contributed by atoms with E-state index in [2.05, 4.69) is 27.2 Å². The van der Waals surface area contributed by atoms with Gasteiger partial charge < -0.3 is 14.2 Å². The summed E-state index contributed by atoms with van der Waals surface area (Å²) in [5, 5.41) is 18.4. The van der Waals surface area contributed by atoms with Crippen LogP contribution >= 0.6 is 0 Å². The zero-order valence-corrected chi connectivity index (χ0v) is 11.5. The third-order valence-electron chi connectivity index (χ3n) is 4.04. The number of hydrogen-bond donors (Lipinski definition) is 1. The Labute approximate surface area is 112 Å². The van der Waals surface area contributed by atoms with Gasteiger partial charge in [0, 0.05) is 25.0 Å². The van der Waals surface area contributed by atoms with E-state index in [9.17, 15) is 5.11 Å². The molecule has 1 unspecified atom stereocenters. The Hall–Kier alpha value is -1.62. The van der Waals surface area contributed by atoms with E-state index in [1.165, 1.54) is 5.56 Å². The third-order valence-corrected chi connectivity index (χ3v) is 4.04. The van der Waals surface area contributed by atoms with E-state index < -0.39 is 0 Å². The standard InChI is InChI=1S/C14H20N4O/c1-10-15-16-14(17(10)2)9-18-7-11-5-3-4-6-13(19)12(11)8-18/h7-8,13,19H,3-6,9H2,1-2H3. The molecule has 1 N–H and O–H groups in total. The van der Waals surface area contributed by atoms with Crippen molar-refractivity contribution in [3.63, 3.8) is 0 Å². The molecule has 0 spiro atoms. The Bertz CT molecular complexity index is 584. The fourth-order valence-corrected chi connectivity index (χ4v) is 2.73. The Morgan fingerprint density at radius 1 is 1.32 bits per heavy atom. The summed E-state index contributed by atoms with van der Waals surface area (Å²) in [6, 6.07) is 0. The van der Waals surface area contributed by atoms with Crippen LogP contribution in [0.25, 0.3) is 0 Å². The van der Waals surface area contributed by atoms with Crippen LogP contribution in [-0.4, -0.2) is 24.4 Å². The van der Waals surface area contributed by atoms with Crippen LogP contribution in [0.5, 0.6) is 0 Å². The third kappa shape index (κ3) is 2.30. The van der Waals surface area contributed by atoms with Crippen LogP contribution < -0.4 is 0 Å². The highest BCUT2D eigenvalue weighted by Gasteiger charge is 2.18. The molecule has 5 heteroatoms. The number of aromatic nitrogens is 4. The van der Waals surface area contributed by atoms with Gasteiger partial charge in [0.05, 0.1) is 12.6 Å². The second kappa shape index (κ2) is 4.81. The van der Waals surface area contributed by atoms with E-state index in [-0.39, 0.29) is 6.10 Å². The Kier molecular flexibility index (Phi) is 3.14. The summed E-state index contributed by atoms with van der Waals surface area (Å²) < 4.78 is 4.12. The van der Waals surface area contributed by atoms with Crippen molar-refractivity contribution >= 4 is 0 Å². The highest BCUT2D eigenvalue weighted by molar-refractivity contribution is 5.28. The van der Waals surface area contributed by atoms with Gasteiger partial charge in [0.15, 0.2) is 5.82 Å². The van der Waals surface area contributed by atoms with E-state index in [0.29, 0.717) is 6.54 Å². The zero-order chi connectivity index (χ0) is 13.4. The minimum atomic E-state index is -0.306. The predicted molar refractivity (Wildman–Crippen MR) is 71.8 cm³/mol. The van der Waals surface area contributed by atoms with Gasteiger partial charge in [-0.1, -0.05) is 6.42 Å². The summed E-state index contributed by atoms with van der Waals surface area (Å²) in [5.74, 6) is 1.86. The van der Waals surface area contributed by atoms with E-state index in [4.69, 9.17) is 0 Å². The number of rotatable bonds is 2. The average molecular weight is 260 g/mol. The second-order valence-electron chi connectivity index (χ2n) is 5.40. The highest BCUT2D eigenvalue weighted by Crippen LogP contribution is 2.29. The van der Waals surface area contributed by atoms with E-state index >= 15 is 0 Å². The molecule has 0 fully saturated rings. The predicted octanol–water partition coefficient (Wildman–Crippen LogP) is 1.73. The first kappa shape index (κ1) is 12.4. The summed E-state index contributed by atoms with van der Waals surface area (Å²) in [6.07, 6.45) is 8.12. The molecule has 2 aromatic rings. The maximum Gasteiger partial charge on any atom is 0.152 e. The first-order valence-corrected chi connectivity index (χ1v) is 6.86. The van der Waals surface area contributed by atoms with Gasteiger partial charge in [-0.3, -0.25) is 0 Å². The van der Waals surface area contributed by atoms with E-state index in [0.717, 1.165) is 42.9 Å². The van der Waals surface area contributed by atoms with Crippen molar-refractivity contribution in [1.82, 2.24) is 19.3 Å². The highest BCUT2D eigenvalue weighted by atomic mass is 16.3. The maximum absolute atomic E-state index is 10.1. The minimum absolute atomic E-state index is 0.306. The van der Waals surface area contributed by atoms with Gasteiger partial charge in [0.2, 0.25) is 0 Å². The van der Waals surface area contributed by atoms with Crippen molar-refractivity contribution in [2.45, 2.75) is 45.3 Å². The van der Waals surface area contributed by atoms with Crippen LogP contribution in [0.3, 0.4) is 0 Å². The smallest absolute Gasteiger partial charge is 0.152 e. The summed E-state index contributed by atoms with van der Waals surface area (Å²) in [6.45, 7) is 2.65. The number of hydrogen-bond acceptors (Lipinski definition) is 3. The molecule has 102 valence electrons. The second-order valence-corrected chi connectivity index (χ2v) is 5.40. The number of fused-ring (bicyclic) bond motifs is 1. The van der Waals surface area contributed by atoms with Crippen molar-refractivity contribution in [2.24, 2.45) is 7.05 Å². The van der Waals surface area contributed by atoms with Crippen LogP contribution in [0.2, 0.25) is 0 Å². The molecular weight excluding hydrogens is 240 g/mol. The van der Waals surface area contributed by atoms with Gasteiger partial charge in [-0.25, -0.2) is 0 Å². The molecule has 2 aromatic heterocycles. The van der Waals surface area contributed by atoms with Crippen LogP contribution in [0.15, 0.2) is 12.4 Å². The molecular formula is C14H20N4O. The lowest BCUT2D eigenvalue weighted by atomic mass is 10.1. The van der Waals surface area contributed by atoms with Gasteiger partial charge in [0.1, 0.15) is 5.82 Å². The molecule has 1 aliphatic rings. The number of aryl methyl sites for hydroxylation is 2. The quantitative estimate of drug-likeness (QED) is 0.837. The van der Waals surface area contributed by atoms with E-state index in [1.807, 2.05) is 18.5 Å². The zero-order valence-electron chi connectivity index (χ0n) is 11.5. The van der Waals surface area contributed by atoms with E-state index in [1.54, 1.807) is 0 Å². The number of nitrogens with zero attached hydrogens (tertiary/aromatic N) is 4. The summed E-state index contributed by atoms with van der Waals surface area (Å²) in [7, 11) is 1.98. The van der Waals surface area contributed by atoms with Gasteiger partial charge in [-0.15, -0.1) is 10.2 Å². The topological polar surface area (TPSA) is 55.9 Å². The molecule has 19 heavy (non-hydrogen) atoms. The van der Waals surface area contributed by atoms with Gasteiger partial charge in [-0.2, -0.15) is 0 Å². The molecule has 0 bridgehead atoms. The lowest BCUT2D eigenvalue weighted by Crippen LogP contribution is -2.05. The van der Waals surface area contributed by atoms with Crippen LogP contribution in [0.4, 0.5) is 0 Å². The molecule has 3 rings (SSSR count).